The van der Waals surface area contributed by atoms with Crippen molar-refractivity contribution in [1.82, 2.24) is 34.7 Å². The number of rotatable bonds is 3. The number of aryl methyl sites for hydroxylation is 1. The summed E-state index contributed by atoms with van der Waals surface area (Å²) in [5, 5.41) is 3.18. The first-order chi connectivity index (χ1) is 11.6. The molecule has 0 unspecified atom stereocenters. The van der Waals surface area contributed by atoms with Crippen molar-refractivity contribution in [2.75, 3.05) is 20.1 Å². The van der Waals surface area contributed by atoms with Crippen molar-refractivity contribution in [1.29, 1.82) is 0 Å². The van der Waals surface area contributed by atoms with Crippen molar-refractivity contribution in [3.8, 4) is 0 Å². The number of aromatic nitrogens is 5. The van der Waals surface area contributed by atoms with Crippen LogP contribution in [0.4, 0.5) is 0 Å². The highest BCUT2D eigenvalue weighted by Crippen LogP contribution is 2.26. The second-order valence-electron chi connectivity index (χ2n) is 6.30. The van der Waals surface area contributed by atoms with E-state index in [-0.39, 0.29) is 17.9 Å². The zero-order valence-electron chi connectivity index (χ0n) is 13.6. The third-order valence-electron chi connectivity index (χ3n) is 4.62. The molecule has 2 atom stereocenters. The first-order valence-electron chi connectivity index (χ1n) is 7.87. The number of carbonyl (C=O) groups is 1. The summed E-state index contributed by atoms with van der Waals surface area (Å²) < 4.78 is 2.02. The number of fused-ring (bicyclic) bond motifs is 1. The summed E-state index contributed by atoms with van der Waals surface area (Å²) in [6.45, 7) is 1.69. The number of hydrogen-bond acceptors (Lipinski definition) is 5. The van der Waals surface area contributed by atoms with Gasteiger partial charge in [-0.05, 0) is 13.1 Å². The maximum Gasteiger partial charge on any atom is 0.253 e. The molecule has 1 saturated heterocycles. The van der Waals surface area contributed by atoms with Crippen LogP contribution >= 0.6 is 0 Å². The number of likely N-dealkylation sites (N-methyl/N-ethyl adjacent to an activating group) is 1. The predicted octanol–water partition coefficient (Wildman–Crippen LogP) is 0.519. The van der Waals surface area contributed by atoms with Crippen LogP contribution in [-0.4, -0.2) is 61.5 Å². The molecule has 0 spiro atoms. The molecule has 0 saturated carbocycles. The molecule has 0 aromatic carbocycles. The van der Waals surface area contributed by atoms with Gasteiger partial charge in [-0.1, -0.05) is 0 Å². The van der Waals surface area contributed by atoms with E-state index in [1.165, 1.54) is 0 Å². The van der Waals surface area contributed by atoms with Crippen LogP contribution in [0.15, 0.2) is 31.1 Å². The second-order valence-corrected chi connectivity index (χ2v) is 6.30. The van der Waals surface area contributed by atoms with Crippen LogP contribution in [0.25, 0.3) is 11.2 Å². The van der Waals surface area contributed by atoms with Crippen LogP contribution in [-0.2, 0) is 7.05 Å². The number of aromatic amines is 1. The molecule has 1 amide bonds. The van der Waals surface area contributed by atoms with Gasteiger partial charge in [-0.15, -0.1) is 0 Å². The van der Waals surface area contributed by atoms with Gasteiger partial charge < -0.3 is 19.8 Å². The fourth-order valence-electron chi connectivity index (χ4n) is 3.46. The number of amides is 1. The summed E-state index contributed by atoms with van der Waals surface area (Å²) in [5.41, 5.74) is 2.91. The molecule has 8 heteroatoms. The van der Waals surface area contributed by atoms with Gasteiger partial charge in [0.15, 0.2) is 5.65 Å². The van der Waals surface area contributed by atoms with Crippen LogP contribution in [0.3, 0.4) is 0 Å². The van der Waals surface area contributed by atoms with E-state index >= 15 is 0 Å². The molecule has 124 valence electrons. The summed E-state index contributed by atoms with van der Waals surface area (Å²) in [6, 6.07) is 1.75. The average Bonchev–Trinajstić information content (AvgIpc) is 3.26. The first kappa shape index (κ1) is 14.8. The molecular weight excluding hydrogens is 306 g/mol. The Labute approximate surface area is 138 Å². The van der Waals surface area contributed by atoms with E-state index in [0.29, 0.717) is 16.7 Å². The highest BCUT2D eigenvalue weighted by Gasteiger charge is 2.35. The Bertz CT molecular complexity index is 883. The Kier molecular flexibility index (Phi) is 3.53. The van der Waals surface area contributed by atoms with Crippen LogP contribution < -0.4 is 5.32 Å². The molecule has 8 nitrogen and oxygen atoms in total. The molecule has 0 bridgehead atoms. The van der Waals surface area contributed by atoms with Gasteiger partial charge in [0.05, 0.1) is 29.8 Å². The third kappa shape index (κ3) is 2.44. The van der Waals surface area contributed by atoms with Crippen LogP contribution in [0.2, 0.25) is 0 Å². The number of pyridine rings is 1. The average molecular weight is 325 g/mol. The highest BCUT2D eigenvalue weighted by molar-refractivity contribution is 6.04. The summed E-state index contributed by atoms with van der Waals surface area (Å²) in [6.07, 6.45) is 6.83. The topological polar surface area (TPSA) is 91.7 Å². The fourth-order valence-corrected chi connectivity index (χ4v) is 3.46. The van der Waals surface area contributed by atoms with Crippen molar-refractivity contribution in [2.45, 2.75) is 12.0 Å². The number of likely N-dealkylation sites (tertiary alicyclic amines) is 1. The largest absolute Gasteiger partial charge is 0.347 e. The van der Waals surface area contributed by atoms with Gasteiger partial charge in [-0.3, -0.25) is 4.79 Å². The maximum atomic E-state index is 12.8. The highest BCUT2D eigenvalue weighted by atomic mass is 16.1. The Morgan fingerprint density at radius 1 is 1.33 bits per heavy atom. The van der Waals surface area contributed by atoms with E-state index in [9.17, 15) is 4.79 Å². The van der Waals surface area contributed by atoms with E-state index in [0.717, 1.165) is 18.8 Å². The number of H-pyrrole nitrogens is 1. The normalized spacial score (nSPS) is 21.4. The second kappa shape index (κ2) is 5.72. The van der Waals surface area contributed by atoms with Gasteiger partial charge in [0.1, 0.15) is 0 Å². The van der Waals surface area contributed by atoms with Gasteiger partial charge in [-0.2, -0.15) is 0 Å². The molecule has 1 aliphatic rings. The molecule has 3 aromatic rings. The number of carbonyl (C=O) groups excluding carboxylic acids is 1. The SMILES string of the molecule is CN1C[C@@H](NC(=O)c2ccnc3nc[nH]c23)[C@H](c2cncn2C)C1. The van der Waals surface area contributed by atoms with E-state index in [2.05, 4.69) is 37.2 Å². The summed E-state index contributed by atoms with van der Waals surface area (Å²) in [4.78, 5) is 30.5. The molecule has 2 N–H and O–H groups in total. The quantitative estimate of drug-likeness (QED) is 0.732. The van der Waals surface area contributed by atoms with Gasteiger partial charge in [-0.25, -0.2) is 15.0 Å². The van der Waals surface area contributed by atoms with Crippen LogP contribution in [0.5, 0.6) is 0 Å². The standard InChI is InChI=1S/C16H19N7O/c1-22-6-11(13-5-17-9-23(13)2)12(7-22)21-16(24)10-3-4-18-15-14(10)19-8-20-15/h3-5,8-9,11-12H,6-7H2,1-2H3,(H,21,24)(H,18,19,20)/t11-,12-/m1/s1. The molecule has 1 aliphatic heterocycles. The minimum Gasteiger partial charge on any atom is -0.347 e. The molecular formula is C16H19N7O. The van der Waals surface area contributed by atoms with Crippen LogP contribution in [0.1, 0.15) is 22.0 Å². The lowest BCUT2D eigenvalue weighted by Crippen LogP contribution is -2.40. The number of hydrogen-bond donors (Lipinski definition) is 2. The monoisotopic (exact) mass is 325 g/mol. The molecule has 4 rings (SSSR count). The molecule has 1 fully saturated rings. The number of nitrogens with zero attached hydrogens (tertiary/aromatic N) is 5. The van der Waals surface area contributed by atoms with Crippen molar-refractivity contribution in [3.63, 3.8) is 0 Å². The fraction of sp³-hybridized carbons (Fsp3) is 0.375. The predicted molar refractivity (Wildman–Crippen MR) is 88.6 cm³/mol. The Balaban J connectivity index is 1.60. The molecule has 0 radical (unpaired) electrons. The van der Waals surface area contributed by atoms with Crippen molar-refractivity contribution in [2.24, 2.45) is 7.05 Å². The van der Waals surface area contributed by atoms with E-state index in [1.807, 2.05) is 17.8 Å². The maximum absolute atomic E-state index is 12.8. The van der Waals surface area contributed by atoms with Crippen molar-refractivity contribution in [3.05, 3.63) is 42.4 Å². The van der Waals surface area contributed by atoms with E-state index in [1.54, 1.807) is 24.9 Å². The minimum atomic E-state index is -0.112. The summed E-state index contributed by atoms with van der Waals surface area (Å²) >= 11 is 0. The number of imidazole rings is 2. The summed E-state index contributed by atoms with van der Waals surface area (Å²) in [7, 11) is 4.05. The van der Waals surface area contributed by atoms with Gasteiger partial charge in [0, 0.05) is 44.1 Å². The first-order valence-corrected chi connectivity index (χ1v) is 7.87. The zero-order chi connectivity index (χ0) is 16.7. The minimum absolute atomic E-state index is 0.0315. The molecule has 4 heterocycles. The summed E-state index contributed by atoms with van der Waals surface area (Å²) in [5.74, 6) is 0.102. The Morgan fingerprint density at radius 2 is 2.21 bits per heavy atom. The molecule has 24 heavy (non-hydrogen) atoms. The van der Waals surface area contributed by atoms with Crippen LogP contribution in [0, 0.1) is 0 Å². The molecule has 3 aromatic heterocycles. The van der Waals surface area contributed by atoms with Crippen molar-refractivity contribution < 1.29 is 4.79 Å². The molecule has 0 aliphatic carbocycles. The smallest absolute Gasteiger partial charge is 0.253 e. The zero-order valence-corrected chi connectivity index (χ0v) is 13.6. The van der Waals surface area contributed by atoms with E-state index < -0.39 is 0 Å². The van der Waals surface area contributed by atoms with Gasteiger partial charge in [0.2, 0.25) is 0 Å². The van der Waals surface area contributed by atoms with Gasteiger partial charge in [0.25, 0.3) is 5.91 Å². The van der Waals surface area contributed by atoms with Crippen molar-refractivity contribution >= 4 is 17.1 Å². The lowest BCUT2D eigenvalue weighted by atomic mass is 9.99. The lowest BCUT2D eigenvalue weighted by molar-refractivity contribution is 0.0936. The van der Waals surface area contributed by atoms with E-state index in [4.69, 9.17) is 0 Å². The Hall–Kier alpha value is -2.74. The third-order valence-corrected chi connectivity index (χ3v) is 4.62. The lowest BCUT2D eigenvalue weighted by Gasteiger charge is -2.20. The van der Waals surface area contributed by atoms with Gasteiger partial charge >= 0.3 is 0 Å². The number of nitrogens with one attached hydrogen (secondary N) is 2. The Morgan fingerprint density at radius 3 is 3.00 bits per heavy atom.